The Balaban J connectivity index is 1.25. The normalized spacial score (nSPS) is 28.6. The number of fused-ring (bicyclic) bond motifs is 3. The molecule has 1 aliphatic heterocycles. The van der Waals surface area contributed by atoms with Gasteiger partial charge >= 0.3 is 0 Å². The number of hydrogen-bond donors (Lipinski definition) is 3. The van der Waals surface area contributed by atoms with E-state index in [0.29, 0.717) is 76.0 Å². The lowest BCUT2D eigenvalue weighted by Crippen LogP contribution is -2.57. The summed E-state index contributed by atoms with van der Waals surface area (Å²) < 4.78 is 1.60. The van der Waals surface area contributed by atoms with Crippen LogP contribution in [0.5, 0.6) is 0 Å². The number of aliphatic hydroxyl groups excluding tert-OH is 2. The average Bonchev–Trinajstić information content (AvgIpc) is 3.34. The lowest BCUT2D eigenvalue weighted by Gasteiger charge is -2.61. The van der Waals surface area contributed by atoms with E-state index in [1.54, 1.807) is 29.1 Å². The van der Waals surface area contributed by atoms with Crippen LogP contribution in [0.15, 0.2) is 52.5 Å². The Labute approximate surface area is 256 Å². The Morgan fingerprint density at radius 3 is 2.71 bits per heavy atom. The Hall–Kier alpha value is -2.65. The molecule has 1 saturated heterocycles. The van der Waals surface area contributed by atoms with Crippen molar-refractivity contribution in [3.05, 3.63) is 68.7 Å². The van der Waals surface area contributed by atoms with E-state index in [0.717, 1.165) is 17.7 Å². The van der Waals surface area contributed by atoms with Gasteiger partial charge in [0.2, 0.25) is 0 Å². The summed E-state index contributed by atoms with van der Waals surface area (Å²) in [5.41, 5.74) is 2.49. The lowest BCUT2D eigenvalue weighted by atomic mass is 9.45. The molecule has 8 nitrogen and oxygen atoms in total. The van der Waals surface area contributed by atoms with Gasteiger partial charge in [0.15, 0.2) is 5.96 Å². The Morgan fingerprint density at radius 1 is 1.19 bits per heavy atom. The zero-order chi connectivity index (χ0) is 29.8. The number of likely N-dealkylation sites (tertiary alicyclic amines) is 1. The minimum Gasteiger partial charge on any atom is -0.394 e. The van der Waals surface area contributed by atoms with Crippen LogP contribution in [0.25, 0.3) is 10.9 Å². The van der Waals surface area contributed by atoms with Crippen LogP contribution in [0.1, 0.15) is 45.6 Å². The van der Waals surface area contributed by atoms with Crippen LogP contribution in [0.2, 0.25) is 10.0 Å². The van der Waals surface area contributed by atoms with E-state index in [9.17, 15) is 15.0 Å². The largest absolute Gasteiger partial charge is 0.394 e. The summed E-state index contributed by atoms with van der Waals surface area (Å²) in [4.78, 5) is 25.1. The third-order valence-corrected chi connectivity index (χ3v) is 10.9. The van der Waals surface area contributed by atoms with Gasteiger partial charge in [0.05, 0.1) is 42.0 Å². The number of halogens is 2. The minimum absolute atomic E-state index is 0.119. The highest BCUT2D eigenvalue weighted by Gasteiger charge is 2.56. The van der Waals surface area contributed by atoms with Gasteiger partial charge in [0.1, 0.15) is 0 Å². The molecule has 3 saturated carbocycles. The zero-order valence-corrected chi connectivity index (χ0v) is 25.8. The van der Waals surface area contributed by atoms with Gasteiger partial charge in [-0.1, -0.05) is 50.0 Å². The van der Waals surface area contributed by atoms with Gasteiger partial charge in [-0.05, 0) is 84.7 Å². The summed E-state index contributed by atoms with van der Waals surface area (Å²) in [5.74, 6) is 2.41. The minimum atomic E-state index is -0.613. The lowest BCUT2D eigenvalue weighted by molar-refractivity contribution is -0.108. The molecular weight excluding hydrogens is 573 g/mol. The highest BCUT2D eigenvalue weighted by Crippen LogP contribution is 2.61. The number of benzene rings is 2. The number of aliphatic imine (C=N–C) groups is 1. The molecule has 2 heterocycles. The third kappa shape index (κ3) is 5.32. The Morgan fingerprint density at radius 2 is 2.00 bits per heavy atom. The molecule has 10 heteroatoms. The third-order valence-electron chi connectivity index (χ3n) is 10.3. The zero-order valence-electron chi connectivity index (χ0n) is 24.3. The van der Waals surface area contributed by atoms with Gasteiger partial charge in [-0.25, -0.2) is 9.98 Å². The number of rotatable bonds is 6. The van der Waals surface area contributed by atoms with Gasteiger partial charge in [0, 0.05) is 28.8 Å². The summed E-state index contributed by atoms with van der Waals surface area (Å²) in [7, 11) is 0. The number of guanidine groups is 1. The Bertz CT molecular complexity index is 1570. The summed E-state index contributed by atoms with van der Waals surface area (Å²) in [6.45, 7) is 7.96. The first-order chi connectivity index (χ1) is 20.1. The average molecular weight is 613 g/mol. The molecule has 0 spiro atoms. The molecule has 1 aromatic heterocycles. The van der Waals surface area contributed by atoms with E-state index in [1.807, 2.05) is 23.1 Å². The fourth-order valence-electron chi connectivity index (χ4n) is 7.44. The van der Waals surface area contributed by atoms with Crippen LogP contribution in [0.4, 0.5) is 5.69 Å². The fourth-order valence-corrected chi connectivity index (χ4v) is 7.94. The number of aromatic nitrogens is 2. The molecule has 3 aliphatic carbocycles. The molecule has 0 radical (unpaired) electrons. The quantitative estimate of drug-likeness (QED) is 0.261. The summed E-state index contributed by atoms with van der Waals surface area (Å²) in [5, 5.41) is 25.8. The molecule has 4 aliphatic rings. The molecule has 224 valence electrons. The van der Waals surface area contributed by atoms with Crippen molar-refractivity contribution >= 4 is 45.8 Å². The molecule has 3 aromatic rings. The standard InChI is InChI=1S/C32H39Cl2N5O3/c1-18-24-12-20(32(24,2)3)13-26(18)37-31(39-11-9-29(41)28(39)16-40)36-22-6-7-23-27(15-22)35-17-38(30(23)42)10-8-19-4-5-21(33)14-25(19)34/h4-7,14-15,17-18,20,24,26,28-29,40-41H,8-13,16H2,1-3H3,(H,36,37)/t18-,20-,24+,26?,28+,29-/m0/s1. The second-order valence-electron chi connectivity index (χ2n) is 12.9. The van der Waals surface area contributed by atoms with Gasteiger partial charge in [-0.3, -0.25) is 9.36 Å². The fraction of sp³-hybridized carbons (Fsp3) is 0.531. The molecule has 6 atom stereocenters. The van der Waals surface area contributed by atoms with Crippen molar-refractivity contribution in [3.8, 4) is 0 Å². The summed E-state index contributed by atoms with van der Waals surface area (Å²) in [6, 6.07) is 10.6. The van der Waals surface area contributed by atoms with E-state index >= 15 is 0 Å². The molecular formula is C32H39Cl2N5O3. The molecule has 42 heavy (non-hydrogen) atoms. The van der Waals surface area contributed by atoms with Crippen molar-refractivity contribution in [3.63, 3.8) is 0 Å². The molecule has 2 bridgehead atoms. The monoisotopic (exact) mass is 611 g/mol. The number of anilines is 1. The predicted octanol–water partition coefficient (Wildman–Crippen LogP) is 5.21. The second kappa shape index (κ2) is 11.5. The Kier molecular flexibility index (Phi) is 8.02. The van der Waals surface area contributed by atoms with Crippen LogP contribution < -0.4 is 10.9 Å². The first kappa shape index (κ1) is 29.4. The molecule has 1 unspecified atom stereocenters. The van der Waals surface area contributed by atoms with Crippen molar-refractivity contribution in [2.24, 2.45) is 28.2 Å². The maximum Gasteiger partial charge on any atom is 0.261 e. The van der Waals surface area contributed by atoms with Crippen molar-refractivity contribution in [2.75, 3.05) is 18.5 Å². The first-order valence-electron chi connectivity index (χ1n) is 14.9. The SMILES string of the molecule is C[C@@H]1C(N=C(Nc2ccc3c(=O)n(CCc4ccc(Cl)cc4Cl)cnc3c2)N2CC[C@H](O)[C@H]2CO)C[C@@H]2C[C@H]1C2(C)C. The molecule has 4 fully saturated rings. The van der Waals surface area contributed by atoms with Crippen molar-refractivity contribution in [2.45, 2.75) is 71.2 Å². The maximum atomic E-state index is 13.3. The number of hydrogen-bond acceptors (Lipinski definition) is 5. The first-order valence-corrected chi connectivity index (χ1v) is 15.7. The van der Waals surface area contributed by atoms with Crippen LogP contribution in [0.3, 0.4) is 0 Å². The van der Waals surface area contributed by atoms with Crippen LogP contribution >= 0.6 is 23.2 Å². The smallest absolute Gasteiger partial charge is 0.261 e. The molecule has 2 aromatic carbocycles. The van der Waals surface area contributed by atoms with Crippen molar-refractivity contribution < 1.29 is 10.2 Å². The van der Waals surface area contributed by atoms with E-state index in [4.69, 9.17) is 28.2 Å². The molecule has 0 amide bonds. The number of aliphatic hydroxyl groups is 2. The van der Waals surface area contributed by atoms with E-state index in [2.05, 4.69) is 31.1 Å². The van der Waals surface area contributed by atoms with E-state index in [-0.39, 0.29) is 18.2 Å². The van der Waals surface area contributed by atoms with E-state index < -0.39 is 12.1 Å². The summed E-state index contributed by atoms with van der Waals surface area (Å²) in [6.07, 6.45) is 4.42. The topological polar surface area (TPSA) is 103 Å². The van der Waals surface area contributed by atoms with Gasteiger partial charge in [-0.15, -0.1) is 0 Å². The second-order valence-corrected chi connectivity index (χ2v) is 13.7. The van der Waals surface area contributed by atoms with Crippen LogP contribution in [-0.2, 0) is 13.0 Å². The van der Waals surface area contributed by atoms with Crippen molar-refractivity contribution in [1.29, 1.82) is 0 Å². The maximum absolute atomic E-state index is 13.3. The molecule has 3 N–H and O–H groups in total. The van der Waals surface area contributed by atoms with Gasteiger partial charge in [-0.2, -0.15) is 0 Å². The number of nitrogens with one attached hydrogen (secondary N) is 1. The highest BCUT2D eigenvalue weighted by atomic mass is 35.5. The van der Waals surface area contributed by atoms with Crippen LogP contribution in [0, 0.1) is 23.2 Å². The van der Waals surface area contributed by atoms with E-state index in [1.165, 1.54) is 6.42 Å². The highest BCUT2D eigenvalue weighted by molar-refractivity contribution is 6.35. The van der Waals surface area contributed by atoms with Crippen molar-refractivity contribution in [1.82, 2.24) is 14.5 Å². The van der Waals surface area contributed by atoms with Gasteiger partial charge in [0.25, 0.3) is 5.56 Å². The summed E-state index contributed by atoms with van der Waals surface area (Å²) >= 11 is 12.3. The number of aryl methyl sites for hydroxylation is 2. The predicted molar refractivity (Wildman–Crippen MR) is 168 cm³/mol. The number of nitrogens with zero attached hydrogens (tertiary/aromatic N) is 4. The van der Waals surface area contributed by atoms with Crippen LogP contribution in [-0.4, -0.2) is 62.0 Å². The molecule has 7 rings (SSSR count). The van der Waals surface area contributed by atoms with Gasteiger partial charge < -0.3 is 20.4 Å².